The molecular weight excluding hydrogens is 392 g/mol. The first-order valence-corrected chi connectivity index (χ1v) is 11.3. The van der Waals surface area contributed by atoms with Crippen LogP contribution in [0.3, 0.4) is 0 Å². The highest BCUT2D eigenvalue weighted by Gasteiger charge is 2.46. The molecule has 0 amide bonds. The number of nitrogens with zero attached hydrogens (tertiary/aromatic N) is 1. The molecule has 3 aromatic carbocycles. The standard InChI is InChI=1S/C28H24N4/c1-2-8-18(9-3-1)25-17-29-27(31-25)24-14-22-21-12-6-7-13-23(21)30-26(22)28(32-24)15-19-10-4-5-11-20(19)16-28/h1-13,17,24,30,32H,14-16H2,(H,29,31)/t24-/m1/s1. The van der Waals surface area contributed by atoms with E-state index in [2.05, 4.69) is 88.1 Å². The van der Waals surface area contributed by atoms with Crippen LogP contribution in [0.25, 0.3) is 22.2 Å². The first-order chi connectivity index (χ1) is 15.8. The van der Waals surface area contributed by atoms with Crippen molar-refractivity contribution in [1.82, 2.24) is 20.3 Å². The molecule has 0 unspecified atom stereocenters. The summed E-state index contributed by atoms with van der Waals surface area (Å²) in [5.41, 5.74) is 8.97. The predicted molar refractivity (Wildman–Crippen MR) is 127 cm³/mol. The summed E-state index contributed by atoms with van der Waals surface area (Å²) in [5.74, 6) is 1.01. The van der Waals surface area contributed by atoms with Gasteiger partial charge in [-0.1, -0.05) is 72.8 Å². The van der Waals surface area contributed by atoms with Crippen molar-refractivity contribution in [3.05, 3.63) is 113 Å². The topological polar surface area (TPSA) is 56.5 Å². The number of rotatable bonds is 2. The van der Waals surface area contributed by atoms with E-state index in [4.69, 9.17) is 4.98 Å². The molecule has 4 nitrogen and oxygen atoms in total. The van der Waals surface area contributed by atoms with Gasteiger partial charge in [0.1, 0.15) is 5.82 Å². The molecule has 1 aliphatic heterocycles. The summed E-state index contributed by atoms with van der Waals surface area (Å²) in [4.78, 5) is 12.2. The van der Waals surface area contributed by atoms with Gasteiger partial charge in [0.15, 0.2) is 0 Å². The minimum atomic E-state index is -0.138. The van der Waals surface area contributed by atoms with Crippen molar-refractivity contribution in [3.63, 3.8) is 0 Å². The highest BCUT2D eigenvalue weighted by molar-refractivity contribution is 5.85. The van der Waals surface area contributed by atoms with Crippen LogP contribution in [0, 0.1) is 0 Å². The fraction of sp³-hybridized carbons (Fsp3) is 0.179. The zero-order chi connectivity index (χ0) is 21.1. The molecule has 0 radical (unpaired) electrons. The number of benzene rings is 3. The lowest BCUT2D eigenvalue weighted by Crippen LogP contribution is -2.50. The van der Waals surface area contributed by atoms with Crippen molar-refractivity contribution in [2.45, 2.75) is 30.8 Å². The van der Waals surface area contributed by atoms with Crippen LogP contribution < -0.4 is 5.32 Å². The lowest BCUT2D eigenvalue weighted by atomic mass is 9.81. The molecule has 5 aromatic rings. The second-order valence-corrected chi connectivity index (χ2v) is 9.18. The van der Waals surface area contributed by atoms with Crippen LogP contribution in [0.1, 0.15) is 34.3 Å². The van der Waals surface area contributed by atoms with Gasteiger partial charge in [-0.25, -0.2) is 4.98 Å². The summed E-state index contributed by atoms with van der Waals surface area (Å²) in [6.45, 7) is 0. The molecule has 0 bridgehead atoms. The van der Waals surface area contributed by atoms with Crippen molar-refractivity contribution in [3.8, 4) is 11.3 Å². The number of imidazole rings is 1. The SMILES string of the molecule is c1ccc(-c2cnc([C@H]3Cc4c([nH]c5ccccc45)C4(Cc5ccccc5C4)N3)[nH]2)cc1. The van der Waals surface area contributed by atoms with E-state index in [1.807, 2.05) is 12.3 Å². The van der Waals surface area contributed by atoms with Crippen LogP contribution in [0.2, 0.25) is 0 Å². The Morgan fingerprint density at radius 2 is 1.50 bits per heavy atom. The molecule has 0 saturated carbocycles. The molecule has 4 heteroatoms. The molecule has 3 N–H and O–H groups in total. The second-order valence-electron chi connectivity index (χ2n) is 9.18. The summed E-state index contributed by atoms with van der Waals surface area (Å²) in [5, 5.41) is 5.38. The smallest absolute Gasteiger partial charge is 0.124 e. The number of hydrogen-bond acceptors (Lipinski definition) is 2. The van der Waals surface area contributed by atoms with E-state index >= 15 is 0 Å². The average Bonchev–Trinajstić information content (AvgIpc) is 3.55. The van der Waals surface area contributed by atoms with Crippen LogP contribution in [-0.2, 0) is 24.8 Å². The highest BCUT2D eigenvalue weighted by atomic mass is 15.1. The molecule has 3 heterocycles. The van der Waals surface area contributed by atoms with Gasteiger partial charge in [-0.05, 0) is 47.6 Å². The zero-order valence-corrected chi connectivity index (χ0v) is 17.7. The average molecular weight is 417 g/mol. The Morgan fingerprint density at radius 1 is 0.781 bits per heavy atom. The number of fused-ring (bicyclic) bond motifs is 5. The molecular formula is C28H24N4. The summed E-state index contributed by atoms with van der Waals surface area (Å²) < 4.78 is 0. The lowest BCUT2D eigenvalue weighted by molar-refractivity contribution is 0.266. The Morgan fingerprint density at radius 3 is 2.31 bits per heavy atom. The van der Waals surface area contributed by atoms with Gasteiger partial charge in [0.2, 0.25) is 0 Å². The van der Waals surface area contributed by atoms with Gasteiger partial charge < -0.3 is 9.97 Å². The molecule has 2 aliphatic rings. The second kappa shape index (κ2) is 6.68. The van der Waals surface area contributed by atoms with Gasteiger partial charge >= 0.3 is 0 Å². The van der Waals surface area contributed by atoms with E-state index in [0.29, 0.717) is 0 Å². The van der Waals surface area contributed by atoms with Crippen molar-refractivity contribution < 1.29 is 0 Å². The molecule has 156 valence electrons. The normalized spacial score (nSPS) is 18.7. The number of nitrogens with one attached hydrogen (secondary N) is 3. The van der Waals surface area contributed by atoms with Crippen molar-refractivity contribution in [2.75, 3.05) is 0 Å². The molecule has 32 heavy (non-hydrogen) atoms. The van der Waals surface area contributed by atoms with E-state index in [1.165, 1.54) is 33.3 Å². The maximum absolute atomic E-state index is 4.83. The Hall–Kier alpha value is -3.63. The van der Waals surface area contributed by atoms with Crippen molar-refractivity contribution in [1.29, 1.82) is 0 Å². The van der Waals surface area contributed by atoms with Crippen molar-refractivity contribution in [2.24, 2.45) is 0 Å². The Labute approximate surface area is 186 Å². The van der Waals surface area contributed by atoms with Crippen LogP contribution >= 0.6 is 0 Å². The predicted octanol–water partition coefficient (Wildman–Crippen LogP) is 5.44. The van der Waals surface area contributed by atoms with Gasteiger partial charge in [0.05, 0.1) is 23.5 Å². The maximum Gasteiger partial charge on any atom is 0.124 e. The largest absolute Gasteiger partial charge is 0.357 e. The molecule has 2 aromatic heterocycles. The van der Waals surface area contributed by atoms with E-state index in [0.717, 1.165) is 36.3 Å². The number of aromatic amines is 2. The molecule has 0 saturated heterocycles. The third kappa shape index (κ3) is 2.63. The molecule has 1 spiro atoms. The number of hydrogen-bond donors (Lipinski definition) is 3. The van der Waals surface area contributed by atoms with E-state index in [9.17, 15) is 0 Å². The van der Waals surface area contributed by atoms with Gasteiger partial charge in [0, 0.05) is 16.6 Å². The number of para-hydroxylation sites is 1. The monoisotopic (exact) mass is 416 g/mol. The first-order valence-electron chi connectivity index (χ1n) is 11.3. The number of H-pyrrole nitrogens is 2. The fourth-order valence-corrected chi connectivity index (χ4v) is 5.82. The summed E-state index contributed by atoms with van der Waals surface area (Å²) >= 11 is 0. The highest BCUT2D eigenvalue weighted by Crippen LogP contribution is 2.46. The Balaban J connectivity index is 1.35. The third-order valence-corrected chi connectivity index (χ3v) is 7.26. The van der Waals surface area contributed by atoms with Crippen molar-refractivity contribution >= 4 is 10.9 Å². The van der Waals surface area contributed by atoms with Crippen LogP contribution in [-0.4, -0.2) is 15.0 Å². The van der Waals surface area contributed by atoms with Gasteiger partial charge in [-0.15, -0.1) is 0 Å². The van der Waals surface area contributed by atoms with Crippen LogP contribution in [0.4, 0.5) is 0 Å². The van der Waals surface area contributed by atoms with Gasteiger partial charge in [0.25, 0.3) is 0 Å². The molecule has 0 fully saturated rings. The quantitative estimate of drug-likeness (QED) is 0.359. The number of aromatic nitrogens is 3. The van der Waals surface area contributed by atoms with Crippen LogP contribution in [0.5, 0.6) is 0 Å². The molecule has 1 aliphatic carbocycles. The van der Waals surface area contributed by atoms with Gasteiger partial charge in [-0.2, -0.15) is 0 Å². The summed E-state index contributed by atoms with van der Waals surface area (Å²) in [6.07, 6.45) is 4.86. The van der Waals surface area contributed by atoms with E-state index in [1.54, 1.807) is 0 Å². The van der Waals surface area contributed by atoms with Gasteiger partial charge in [-0.3, -0.25) is 5.32 Å². The summed E-state index contributed by atoms with van der Waals surface area (Å²) in [6, 6.07) is 28.1. The molecule has 7 rings (SSSR count). The maximum atomic E-state index is 4.83. The molecule has 1 atom stereocenters. The first kappa shape index (κ1) is 18.0. The fourth-order valence-electron chi connectivity index (χ4n) is 5.82. The van der Waals surface area contributed by atoms with Crippen LogP contribution in [0.15, 0.2) is 85.1 Å². The Kier molecular flexibility index (Phi) is 3.76. The Bertz CT molecular complexity index is 1420. The minimum Gasteiger partial charge on any atom is -0.357 e. The minimum absolute atomic E-state index is 0.133. The zero-order valence-electron chi connectivity index (χ0n) is 17.7. The van der Waals surface area contributed by atoms with E-state index in [-0.39, 0.29) is 11.6 Å². The third-order valence-electron chi connectivity index (χ3n) is 7.26. The lowest BCUT2D eigenvalue weighted by Gasteiger charge is -2.39. The van der Waals surface area contributed by atoms with E-state index < -0.39 is 0 Å². The summed E-state index contributed by atoms with van der Waals surface area (Å²) in [7, 11) is 0.